The lowest BCUT2D eigenvalue weighted by molar-refractivity contribution is 0.0478. The van der Waals surface area contributed by atoms with Gasteiger partial charge in [-0.15, -0.1) is 11.3 Å². The molecule has 1 fully saturated rings. The van der Waals surface area contributed by atoms with Gasteiger partial charge in [0.25, 0.3) is 0 Å². The van der Waals surface area contributed by atoms with E-state index in [9.17, 15) is 4.79 Å². The van der Waals surface area contributed by atoms with E-state index in [0.29, 0.717) is 22.9 Å². The molecular formula is C19H18ClN3O3S. The number of benzene rings is 1. The first-order chi connectivity index (χ1) is 13.1. The van der Waals surface area contributed by atoms with Gasteiger partial charge in [0, 0.05) is 13.1 Å². The third kappa shape index (κ3) is 3.76. The topological polar surface area (TPSA) is 64.5 Å². The summed E-state index contributed by atoms with van der Waals surface area (Å²) in [7, 11) is 0. The Labute approximate surface area is 165 Å². The number of thiophene rings is 1. The van der Waals surface area contributed by atoms with Crippen molar-refractivity contribution in [3.8, 4) is 0 Å². The minimum absolute atomic E-state index is 0.175. The van der Waals surface area contributed by atoms with Crippen molar-refractivity contribution in [3.63, 3.8) is 0 Å². The largest absolute Gasteiger partial charge is 0.457 e. The summed E-state index contributed by atoms with van der Waals surface area (Å²) in [6.45, 7) is 4.86. The molecule has 0 N–H and O–H groups in total. The predicted molar refractivity (Wildman–Crippen MR) is 106 cm³/mol. The van der Waals surface area contributed by atoms with E-state index >= 15 is 0 Å². The first kappa shape index (κ1) is 18.2. The Morgan fingerprint density at radius 2 is 2.00 bits per heavy atom. The molecule has 0 radical (unpaired) electrons. The Morgan fingerprint density at radius 1 is 1.26 bits per heavy atom. The second kappa shape index (κ2) is 7.80. The van der Waals surface area contributed by atoms with E-state index in [2.05, 4.69) is 14.9 Å². The van der Waals surface area contributed by atoms with Crippen molar-refractivity contribution in [2.75, 3.05) is 31.2 Å². The molecule has 2 aromatic heterocycles. The van der Waals surface area contributed by atoms with Crippen LogP contribution in [0.3, 0.4) is 0 Å². The number of morpholine rings is 1. The Bertz CT molecular complexity index is 971. The Kier molecular flexibility index (Phi) is 5.24. The quantitative estimate of drug-likeness (QED) is 0.487. The minimum atomic E-state index is -0.358. The molecule has 0 saturated carbocycles. The molecule has 27 heavy (non-hydrogen) atoms. The van der Waals surface area contributed by atoms with Crippen molar-refractivity contribution in [3.05, 3.63) is 51.6 Å². The molecule has 4 rings (SSSR count). The number of carbonyl (C=O) groups excluding carboxylic acids is 1. The fourth-order valence-electron chi connectivity index (χ4n) is 3.08. The normalized spacial score (nSPS) is 14.5. The molecule has 140 valence electrons. The number of hydrogen-bond acceptors (Lipinski definition) is 7. The highest BCUT2D eigenvalue weighted by atomic mass is 35.5. The summed E-state index contributed by atoms with van der Waals surface area (Å²) < 4.78 is 10.9. The summed E-state index contributed by atoms with van der Waals surface area (Å²) in [5, 5.41) is 1.03. The van der Waals surface area contributed by atoms with Crippen LogP contribution in [0.25, 0.3) is 10.2 Å². The molecule has 8 heteroatoms. The highest BCUT2D eigenvalue weighted by Crippen LogP contribution is 2.37. The van der Waals surface area contributed by atoms with Gasteiger partial charge in [0.05, 0.1) is 18.6 Å². The van der Waals surface area contributed by atoms with Crippen molar-refractivity contribution in [2.45, 2.75) is 13.5 Å². The van der Waals surface area contributed by atoms with Crippen LogP contribution in [0, 0.1) is 6.92 Å². The fourth-order valence-corrected chi connectivity index (χ4v) is 4.36. The highest BCUT2D eigenvalue weighted by molar-refractivity contribution is 7.20. The molecule has 0 amide bonds. The van der Waals surface area contributed by atoms with Crippen molar-refractivity contribution in [1.29, 1.82) is 0 Å². The molecule has 1 aliphatic heterocycles. The molecular weight excluding hydrogens is 386 g/mol. The number of fused-ring (bicyclic) bond motifs is 1. The molecule has 0 unspecified atom stereocenters. The first-order valence-electron chi connectivity index (χ1n) is 8.64. The van der Waals surface area contributed by atoms with Gasteiger partial charge in [-0.05, 0) is 29.7 Å². The SMILES string of the molecule is Cc1c(C(=O)OCc2ccccc2)sc2nc(Cl)nc(N3CCOCC3)c12. The number of anilines is 1. The maximum absolute atomic E-state index is 12.7. The second-order valence-corrected chi connectivity index (χ2v) is 7.55. The van der Waals surface area contributed by atoms with Crippen LogP contribution in [0.2, 0.25) is 5.28 Å². The molecule has 3 aromatic rings. The summed E-state index contributed by atoms with van der Waals surface area (Å²) in [5.74, 6) is 0.396. The molecule has 6 nitrogen and oxygen atoms in total. The Balaban J connectivity index is 1.65. The van der Waals surface area contributed by atoms with Crippen LogP contribution < -0.4 is 4.90 Å². The van der Waals surface area contributed by atoms with Gasteiger partial charge in [0.1, 0.15) is 22.1 Å². The molecule has 1 aliphatic rings. The summed E-state index contributed by atoms with van der Waals surface area (Å²) in [6, 6.07) is 9.61. The zero-order valence-corrected chi connectivity index (χ0v) is 16.3. The third-order valence-corrected chi connectivity index (χ3v) is 5.79. The fraction of sp³-hybridized carbons (Fsp3) is 0.316. The molecule has 3 heterocycles. The number of halogens is 1. The van der Waals surface area contributed by atoms with Crippen LogP contribution >= 0.6 is 22.9 Å². The molecule has 0 aliphatic carbocycles. The van der Waals surface area contributed by atoms with Gasteiger partial charge in [-0.2, -0.15) is 4.98 Å². The van der Waals surface area contributed by atoms with E-state index in [-0.39, 0.29) is 17.9 Å². The number of nitrogens with zero attached hydrogens (tertiary/aromatic N) is 3. The molecule has 1 saturated heterocycles. The number of ether oxygens (including phenoxy) is 2. The summed E-state index contributed by atoms with van der Waals surface area (Å²) in [4.78, 5) is 24.8. The van der Waals surface area contributed by atoms with E-state index in [1.165, 1.54) is 11.3 Å². The van der Waals surface area contributed by atoms with Crippen molar-refractivity contribution in [1.82, 2.24) is 9.97 Å². The number of carbonyl (C=O) groups is 1. The van der Waals surface area contributed by atoms with Crippen LogP contribution in [0.4, 0.5) is 5.82 Å². The van der Waals surface area contributed by atoms with E-state index in [4.69, 9.17) is 21.1 Å². The average Bonchev–Trinajstić information content (AvgIpc) is 3.03. The lowest BCUT2D eigenvalue weighted by Gasteiger charge is -2.28. The first-order valence-corrected chi connectivity index (χ1v) is 9.83. The van der Waals surface area contributed by atoms with Crippen molar-refractivity contribution < 1.29 is 14.3 Å². The maximum Gasteiger partial charge on any atom is 0.349 e. The summed E-state index contributed by atoms with van der Waals surface area (Å²) in [6.07, 6.45) is 0. The van der Waals surface area contributed by atoms with Crippen molar-refractivity contribution >= 4 is 44.9 Å². The summed E-state index contributed by atoms with van der Waals surface area (Å²) >= 11 is 7.43. The Morgan fingerprint density at radius 3 is 2.74 bits per heavy atom. The molecule has 1 aromatic carbocycles. The number of aromatic nitrogens is 2. The lowest BCUT2D eigenvalue weighted by Crippen LogP contribution is -2.37. The van der Waals surface area contributed by atoms with E-state index in [1.807, 2.05) is 37.3 Å². The van der Waals surface area contributed by atoms with Gasteiger partial charge in [-0.3, -0.25) is 0 Å². The van der Waals surface area contributed by atoms with E-state index in [0.717, 1.165) is 35.4 Å². The average molecular weight is 404 g/mol. The van der Waals surface area contributed by atoms with Gasteiger partial charge in [0.2, 0.25) is 5.28 Å². The smallest absolute Gasteiger partial charge is 0.349 e. The standard InChI is InChI=1S/C19H18ClN3O3S/c1-12-14-16(23-7-9-25-10-8-23)21-19(20)22-17(14)27-15(12)18(24)26-11-13-5-3-2-4-6-13/h2-6H,7-11H2,1H3. The number of aryl methyl sites for hydroxylation is 1. The molecule has 0 bridgehead atoms. The Hall–Kier alpha value is -2.22. The minimum Gasteiger partial charge on any atom is -0.457 e. The molecule has 0 atom stereocenters. The van der Waals surface area contributed by atoms with Gasteiger partial charge in [-0.1, -0.05) is 30.3 Å². The van der Waals surface area contributed by atoms with Crippen LogP contribution in [0.1, 0.15) is 20.8 Å². The van der Waals surface area contributed by atoms with Gasteiger partial charge >= 0.3 is 5.97 Å². The second-order valence-electron chi connectivity index (χ2n) is 6.21. The van der Waals surface area contributed by atoms with Crippen LogP contribution in [-0.2, 0) is 16.1 Å². The van der Waals surface area contributed by atoms with Gasteiger partial charge < -0.3 is 14.4 Å². The maximum atomic E-state index is 12.7. The zero-order valence-electron chi connectivity index (χ0n) is 14.8. The van der Waals surface area contributed by atoms with Crippen LogP contribution in [0.5, 0.6) is 0 Å². The number of esters is 1. The van der Waals surface area contributed by atoms with Gasteiger partial charge in [-0.25, -0.2) is 9.78 Å². The zero-order chi connectivity index (χ0) is 18.8. The predicted octanol–water partition coefficient (Wildman–Crippen LogP) is 3.85. The van der Waals surface area contributed by atoms with E-state index in [1.54, 1.807) is 0 Å². The van der Waals surface area contributed by atoms with Crippen LogP contribution in [0.15, 0.2) is 30.3 Å². The lowest BCUT2D eigenvalue weighted by atomic mass is 10.2. The van der Waals surface area contributed by atoms with Gasteiger partial charge in [0.15, 0.2) is 0 Å². The summed E-state index contributed by atoms with van der Waals surface area (Å²) in [5.41, 5.74) is 1.77. The third-order valence-electron chi connectivity index (χ3n) is 4.45. The number of rotatable bonds is 4. The van der Waals surface area contributed by atoms with E-state index < -0.39 is 0 Å². The van der Waals surface area contributed by atoms with Crippen LogP contribution in [-0.4, -0.2) is 42.2 Å². The number of hydrogen-bond donors (Lipinski definition) is 0. The van der Waals surface area contributed by atoms with Crippen molar-refractivity contribution in [2.24, 2.45) is 0 Å². The highest BCUT2D eigenvalue weighted by Gasteiger charge is 2.24. The monoisotopic (exact) mass is 403 g/mol. The molecule has 0 spiro atoms.